The Labute approximate surface area is 171 Å². The minimum Gasteiger partial charge on any atom is -0.491 e. The van der Waals surface area contributed by atoms with Gasteiger partial charge in [-0.3, -0.25) is 4.79 Å². The van der Waals surface area contributed by atoms with Crippen molar-refractivity contribution in [1.29, 1.82) is 0 Å². The summed E-state index contributed by atoms with van der Waals surface area (Å²) in [5, 5.41) is 0. The second-order valence-corrected chi connectivity index (χ2v) is 7.47. The molecule has 0 atom stereocenters. The normalized spacial score (nSPS) is 13.0. The number of methoxy groups -OCH3 is 1. The Hall–Kier alpha value is -2.80. The number of hydrogen-bond donors (Lipinski definition) is 0. The number of likely N-dealkylation sites (tertiary alicyclic amines) is 1. The number of benzene rings is 2. The van der Waals surface area contributed by atoms with Crippen molar-refractivity contribution in [3.8, 4) is 16.2 Å². The van der Waals surface area contributed by atoms with Crippen LogP contribution in [-0.4, -0.2) is 31.0 Å². The lowest BCUT2D eigenvalue weighted by atomic mass is 10.1. The lowest BCUT2D eigenvalue weighted by Gasteiger charge is -2.13. The zero-order valence-electron chi connectivity index (χ0n) is 15.8. The predicted molar refractivity (Wildman–Crippen MR) is 108 cm³/mol. The van der Waals surface area contributed by atoms with E-state index in [1.807, 2.05) is 36.4 Å². The molecule has 0 bridgehead atoms. The zero-order valence-corrected chi connectivity index (χ0v) is 16.6. The molecule has 1 aromatic heterocycles. The highest BCUT2D eigenvalue weighted by molar-refractivity contribution is 7.17. The van der Waals surface area contributed by atoms with Crippen LogP contribution in [0.3, 0.4) is 0 Å². The van der Waals surface area contributed by atoms with E-state index in [4.69, 9.17) is 0 Å². The molecule has 1 saturated heterocycles. The Morgan fingerprint density at radius 2 is 1.55 bits per heavy atom. The van der Waals surface area contributed by atoms with Gasteiger partial charge in [-0.15, -0.1) is 11.3 Å². The molecule has 3 aromatic rings. The lowest BCUT2D eigenvalue weighted by Crippen LogP contribution is -2.26. The van der Waals surface area contributed by atoms with Gasteiger partial charge < -0.3 is 9.64 Å². The Bertz CT molecular complexity index is 943. The maximum atomic E-state index is 14.3. The van der Waals surface area contributed by atoms with Gasteiger partial charge in [0.15, 0.2) is 17.4 Å². The third-order valence-corrected chi connectivity index (χ3v) is 5.57. The summed E-state index contributed by atoms with van der Waals surface area (Å²) < 4.78 is 46.0. The number of rotatable bonds is 3. The number of carbonyl (C=O) groups is 1. The van der Waals surface area contributed by atoms with Crippen molar-refractivity contribution >= 4 is 17.2 Å². The molecule has 3 nitrogen and oxygen atoms in total. The first kappa shape index (κ1) is 20.9. The second-order valence-electron chi connectivity index (χ2n) is 6.39. The monoisotopic (exact) mass is 419 g/mol. The average molecular weight is 419 g/mol. The smallest absolute Gasteiger partial charge is 0.263 e. The van der Waals surface area contributed by atoms with Crippen molar-refractivity contribution in [1.82, 2.24) is 4.90 Å². The molecule has 2 heterocycles. The summed E-state index contributed by atoms with van der Waals surface area (Å²) in [6, 6.07) is 15.9. The molecule has 0 aliphatic carbocycles. The van der Waals surface area contributed by atoms with Crippen LogP contribution in [0.25, 0.3) is 10.4 Å². The topological polar surface area (TPSA) is 29.5 Å². The highest BCUT2D eigenvalue weighted by Crippen LogP contribution is 2.37. The SMILES string of the molecule is COc1c(F)c(F)cc(-c2ccc(C(=O)N3CCCC3)s2)c1F.c1ccccc1. The van der Waals surface area contributed by atoms with Gasteiger partial charge in [-0.05, 0) is 31.0 Å². The molecule has 0 N–H and O–H groups in total. The fourth-order valence-electron chi connectivity index (χ4n) is 3.00. The summed E-state index contributed by atoms with van der Waals surface area (Å²) in [6.45, 7) is 1.42. The van der Waals surface area contributed by atoms with Crippen molar-refractivity contribution in [2.75, 3.05) is 20.2 Å². The maximum Gasteiger partial charge on any atom is 0.263 e. The van der Waals surface area contributed by atoms with Crippen LogP contribution in [0.1, 0.15) is 22.5 Å². The Balaban J connectivity index is 0.000000343. The molecule has 1 amide bonds. The summed E-state index contributed by atoms with van der Waals surface area (Å²) in [5.74, 6) is -4.42. The van der Waals surface area contributed by atoms with Gasteiger partial charge in [0.05, 0.1) is 12.0 Å². The van der Waals surface area contributed by atoms with E-state index in [1.165, 1.54) is 6.07 Å². The minimum absolute atomic E-state index is 0.117. The number of halogens is 3. The summed E-state index contributed by atoms with van der Waals surface area (Å²) in [5.41, 5.74) is -0.119. The second kappa shape index (κ2) is 9.60. The minimum atomic E-state index is -1.36. The molecule has 0 unspecified atom stereocenters. The van der Waals surface area contributed by atoms with Crippen molar-refractivity contribution in [2.24, 2.45) is 0 Å². The quantitative estimate of drug-likeness (QED) is 0.505. The number of ether oxygens (including phenoxy) is 1. The van der Waals surface area contributed by atoms with Crippen LogP contribution >= 0.6 is 11.3 Å². The highest BCUT2D eigenvalue weighted by atomic mass is 32.1. The predicted octanol–water partition coefficient (Wildman–Crippen LogP) is 5.76. The number of amides is 1. The van der Waals surface area contributed by atoms with E-state index in [1.54, 1.807) is 11.0 Å². The van der Waals surface area contributed by atoms with Gasteiger partial charge in [-0.1, -0.05) is 36.4 Å². The first-order chi connectivity index (χ1) is 14.0. The van der Waals surface area contributed by atoms with Crippen LogP contribution < -0.4 is 4.74 Å². The van der Waals surface area contributed by atoms with Crippen LogP contribution in [0.4, 0.5) is 13.2 Å². The van der Waals surface area contributed by atoms with Gasteiger partial charge in [0.25, 0.3) is 5.91 Å². The Morgan fingerprint density at radius 1 is 0.966 bits per heavy atom. The average Bonchev–Trinajstić information content (AvgIpc) is 3.45. The van der Waals surface area contributed by atoms with E-state index in [0.717, 1.165) is 37.4 Å². The fraction of sp³-hybridized carbons (Fsp3) is 0.227. The van der Waals surface area contributed by atoms with E-state index >= 15 is 0 Å². The number of hydrogen-bond acceptors (Lipinski definition) is 3. The fourth-order valence-corrected chi connectivity index (χ4v) is 3.98. The molecule has 1 fully saturated rings. The van der Waals surface area contributed by atoms with Crippen LogP contribution in [0.5, 0.6) is 5.75 Å². The number of nitrogens with zero attached hydrogens (tertiary/aromatic N) is 1. The maximum absolute atomic E-state index is 14.3. The van der Waals surface area contributed by atoms with Crippen molar-refractivity contribution in [3.05, 3.63) is 76.9 Å². The molecule has 1 aliphatic heterocycles. The van der Waals surface area contributed by atoms with E-state index in [-0.39, 0.29) is 11.5 Å². The third kappa shape index (κ3) is 4.79. The lowest BCUT2D eigenvalue weighted by molar-refractivity contribution is 0.0797. The first-order valence-corrected chi connectivity index (χ1v) is 9.95. The summed E-state index contributed by atoms with van der Waals surface area (Å²) >= 11 is 1.05. The molecule has 1 aliphatic rings. The summed E-state index contributed by atoms with van der Waals surface area (Å²) in [6.07, 6.45) is 1.94. The molecule has 0 radical (unpaired) electrons. The number of thiophene rings is 1. The highest BCUT2D eigenvalue weighted by Gasteiger charge is 2.24. The molecule has 0 saturated carbocycles. The van der Waals surface area contributed by atoms with E-state index in [0.29, 0.717) is 22.8 Å². The summed E-state index contributed by atoms with van der Waals surface area (Å²) in [7, 11) is 1.07. The Morgan fingerprint density at radius 3 is 2.10 bits per heavy atom. The Kier molecular flexibility index (Phi) is 6.93. The standard InChI is InChI=1S/C16H14F3NO2S.C6H6/c1-22-15-13(18)9(8-10(17)14(15)19)11-4-5-12(23-11)16(21)20-6-2-3-7-20;1-2-4-6-5-3-1/h4-5,8H,2-3,6-7H2,1H3;1-6H. The van der Waals surface area contributed by atoms with E-state index in [9.17, 15) is 18.0 Å². The van der Waals surface area contributed by atoms with Crippen molar-refractivity contribution in [3.63, 3.8) is 0 Å². The van der Waals surface area contributed by atoms with E-state index < -0.39 is 23.2 Å². The molecular weight excluding hydrogens is 399 g/mol. The van der Waals surface area contributed by atoms with Crippen molar-refractivity contribution < 1.29 is 22.7 Å². The van der Waals surface area contributed by atoms with Crippen LogP contribution in [-0.2, 0) is 0 Å². The zero-order chi connectivity index (χ0) is 20.8. The molecule has 0 spiro atoms. The van der Waals surface area contributed by atoms with Gasteiger partial charge in [0, 0.05) is 23.5 Å². The largest absolute Gasteiger partial charge is 0.491 e. The van der Waals surface area contributed by atoms with Gasteiger partial charge in [-0.2, -0.15) is 4.39 Å². The van der Waals surface area contributed by atoms with Crippen LogP contribution in [0.15, 0.2) is 54.6 Å². The molecular formula is C22H20F3NO2S. The van der Waals surface area contributed by atoms with Gasteiger partial charge >= 0.3 is 0 Å². The van der Waals surface area contributed by atoms with Gasteiger partial charge in [-0.25, -0.2) is 8.78 Å². The third-order valence-electron chi connectivity index (χ3n) is 4.46. The van der Waals surface area contributed by atoms with Crippen LogP contribution in [0.2, 0.25) is 0 Å². The molecule has 4 rings (SSSR count). The number of carbonyl (C=O) groups excluding carboxylic acids is 1. The van der Waals surface area contributed by atoms with Crippen LogP contribution in [0, 0.1) is 17.5 Å². The van der Waals surface area contributed by atoms with Crippen molar-refractivity contribution in [2.45, 2.75) is 12.8 Å². The van der Waals surface area contributed by atoms with E-state index in [2.05, 4.69) is 4.74 Å². The summed E-state index contributed by atoms with van der Waals surface area (Å²) in [4.78, 5) is 14.8. The van der Waals surface area contributed by atoms with Gasteiger partial charge in [0.2, 0.25) is 5.82 Å². The molecule has 152 valence electrons. The molecule has 7 heteroatoms. The first-order valence-electron chi connectivity index (χ1n) is 9.14. The molecule has 29 heavy (non-hydrogen) atoms. The van der Waals surface area contributed by atoms with Gasteiger partial charge in [0.1, 0.15) is 0 Å². The molecule has 2 aromatic carbocycles.